The van der Waals surface area contributed by atoms with Crippen LogP contribution in [0.25, 0.3) is 0 Å². The molecule has 2 rings (SSSR count). The van der Waals surface area contributed by atoms with E-state index in [0.29, 0.717) is 0 Å². The summed E-state index contributed by atoms with van der Waals surface area (Å²) >= 11 is 1.79. The minimum Gasteiger partial charge on any atom is -0.468 e. The second-order valence-corrected chi connectivity index (χ2v) is 5.86. The van der Waals surface area contributed by atoms with Gasteiger partial charge in [-0.2, -0.15) is 11.8 Å². The summed E-state index contributed by atoms with van der Waals surface area (Å²) in [5.74, 6) is 3.35. The second kappa shape index (κ2) is 7.52. The van der Waals surface area contributed by atoms with Gasteiger partial charge in [0.1, 0.15) is 5.76 Å². The number of rotatable bonds is 6. The van der Waals surface area contributed by atoms with E-state index in [9.17, 15) is 4.79 Å². The SMILES string of the molecule is O=C(NCCSCc1ccco1)C1CCCCC1. The Balaban J connectivity index is 1.53. The van der Waals surface area contributed by atoms with E-state index in [1.807, 2.05) is 12.1 Å². The van der Waals surface area contributed by atoms with E-state index in [4.69, 9.17) is 4.42 Å². The third kappa shape index (κ3) is 4.41. The highest BCUT2D eigenvalue weighted by Crippen LogP contribution is 2.23. The first-order valence-electron chi connectivity index (χ1n) is 6.74. The molecule has 1 heterocycles. The Labute approximate surface area is 113 Å². The number of thioether (sulfide) groups is 1. The lowest BCUT2D eigenvalue weighted by Gasteiger charge is -2.20. The highest BCUT2D eigenvalue weighted by atomic mass is 32.2. The minimum atomic E-state index is 0.258. The highest BCUT2D eigenvalue weighted by molar-refractivity contribution is 7.98. The molecule has 1 aliphatic rings. The van der Waals surface area contributed by atoms with Gasteiger partial charge in [-0.1, -0.05) is 19.3 Å². The molecule has 4 heteroatoms. The molecule has 18 heavy (non-hydrogen) atoms. The van der Waals surface area contributed by atoms with Crippen LogP contribution in [-0.4, -0.2) is 18.2 Å². The van der Waals surface area contributed by atoms with E-state index in [1.54, 1.807) is 18.0 Å². The highest BCUT2D eigenvalue weighted by Gasteiger charge is 2.20. The van der Waals surface area contributed by atoms with Crippen molar-refractivity contribution >= 4 is 17.7 Å². The van der Waals surface area contributed by atoms with Gasteiger partial charge in [0, 0.05) is 18.2 Å². The fourth-order valence-corrected chi connectivity index (χ4v) is 3.08. The average Bonchev–Trinajstić information content (AvgIpc) is 2.92. The van der Waals surface area contributed by atoms with Crippen molar-refractivity contribution < 1.29 is 9.21 Å². The van der Waals surface area contributed by atoms with Crippen LogP contribution < -0.4 is 5.32 Å². The van der Waals surface area contributed by atoms with E-state index in [2.05, 4.69) is 5.32 Å². The van der Waals surface area contributed by atoms with Crippen LogP contribution in [0.3, 0.4) is 0 Å². The van der Waals surface area contributed by atoms with E-state index < -0.39 is 0 Å². The molecule has 0 atom stereocenters. The first-order valence-corrected chi connectivity index (χ1v) is 7.89. The molecule has 1 N–H and O–H groups in total. The van der Waals surface area contributed by atoms with Gasteiger partial charge in [-0.3, -0.25) is 4.79 Å². The first-order chi connectivity index (χ1) is 8.86. The van der Waals surface area contributed by atoms with Crippen LogP contribution in [0.15, 0.2) is 22.8 Å². The fraction of sp³-hybridized carbons (Fsp3) is 0.643. The summed E-state index contributed by atoms with van der Waals surface area (Å²) in [5, 5.41) is 3.04. The third-order valence-corrected chi connectivity index (χ3v) is 4.33. The van der Waals surface area contributed by atoms with E-state index in [0.717, 1.165) is 36.7 Å². The topological polar surface area (TPSA) is 42.2 Å². The maximum atomic E-state index is 11.9. The monoisotopic (exact) mass is 267 g/mol. The van der Waals surface area contributed by atoms with Crippen LogP contribution in [0.1, 0.15) is 37.9 Å². The first kappa shape index (κ1) is 13.5. The van der Waals surface area contributed by atoms with Crippen molar-refractivity contribution in [3.8, 4) is 0 Å². The summed E-state index contributed by atoms with van der Waals surface area (Å²) in [7, 11) is 0. The smallest absolute Gasteiger partial charge is 0.223 e. The summed E-state index contributed by atoms with van der Waals surface area (Å²) in [6.45, 7) is 0.765. The largest absolute Gasteiger partial charge is 0.468 e. The van der Waals surface area contributed by atoms with Crippen molar-refractivity contribution in [1.82, 2.24) is 5.32 Å². The molecule has 0 saturated heterocycles. The minimum absolute atomic E-state index is 0.258. The molecule has 1 saturated carbocycles. The Hall–Kier alpha value is -0.900. The predicted molar refractivity (Wildman–Crippen MR) is 74.5 cm³/mol. The lowest BCUT2D eigenvalue weighted by Crippen LogP contribution is -2.33. The zero-order valence-corrected chi connectivity index (χ0v) is 11.5. The number of nitrogens with one attached hydrogen (secondary N) is 1. The molecule has 3 nitrogen and oxygen atoms in total. The summed E-state index contributed by atoms with van der Waals surface area (Å²) in [6, 6.07) is 3.88. The second-order valence-electron chi connectivity index (χ2n) is 4.76. The molecule has 1 aromatic heterocycles. The van der Waals surface area contributed by atoms with E-state index in [-0.39, 0.29) is 11.8 Å². The number of furan rings is 1. The van der Waals surface area contributed by atoms with E-state index >= 15 is 0 Å². The van der Waals surface area contributed by atoms with Gasteiger partial charge in [0.15, 0.2) is 0 Å². The number of hydrogen-bond acceptors (Lipinski definition) is 3. The summed E-state index contributed by atoms with van der Waals surface area (Å²) in [4.78, 5) is 11.9. The molecule has 1 amide bonds. The van der Waals surface area contributed by atoms with Gasteiger partial charge in [0.25, 0.3) is 0 Å². The zero-order valence-electron chi connectivity index (χ0n) is 10.7. The molecule has 100 valence electrons. The number of hydrogen-bond donors (Lipinski definition) is 1. The molecular formula is C14H21NO2S. The Morgan fingerprint density at radius 1 is 1.39 bits per heavy atom. The molecule has 0 spiro atoms. The molecule has 1 aromatic rings. The Bertz CT molecular complexity index is 345. The predicted octanol–water partition coefficient (Wildman–Crippen LogP) is 3.21. The van der Waals surface area contributed by atoms with Gasteiger partial charge in [-0.05, 0) is 25.0 Å². The van der Waals surface area contributed by atoms with Gasteiger partial charge in [-0.15, -0.1) is 0 Å². The average molecular weight is 267 g/mol. The van der Waals surface area contributed by atoms with Crippen molar-refractivity contribution in [2.75, 3.05) is 12.3 Å². The lowest BCUT2D eigenvalue weighted by molar-refractivity contribution is -0.125. The third-order valence-electron chi connectivity index (χ3n) is 3.35. The molecular weight excluding hydrogens is 246 g/mol. The summed E-state index contributed by atoms with van der Waals surface area (Å²) in [6.07, 6.45) is 7.57. The van der Waals surface area contributed by atoms with Crippen molar-refractivity contribution in [2.45, 2.75) is 37.9 Å². The molecule has 0 radical (unpaired) electrons. The van der Waals surface area contributed by atoms with Crippen LogP contribution in [0, 0.1) is 5.92 Å². The van der Waals surface area contributed by atoms with Crippen LogP contribution >= 0.6 is 11.8 Å². The van der Waals surface area contributed by atoms with Gasteiger partial charge in [0.05, 0.1) is 12.0 Å². The number of carbonyl (C=O) groups excluding carboxylic acids is 1. The van der Waals surface area contributed by atoms with Crippen molar-refractivity contribution in [3.63, 3.8) is 0 Å². The molecule has 0 bridgehead atoms. The van der Waals surface area contributed by atoms with Gasteiger partial charge in [-0.25, -0.2) is 0 Å². The molecule has 1 fully saturated rings. The van der Waals surface area contributed by atoms with Crippen LogP contribution in [0.2, 0.25) is 0 Å². The maximum absolute atomic E-state index is 11.9. The maximum Gasteiger partial charge on any atom is 0.223 e. The van der Waals surface area contributed by atoms with Crippen molar-refractivity contribution in [1.29, 1.82) is 0 Å². The number of carbonyl (C=O) groups is 1. The summed E-state index contributed by atoms with van der Waals surface area (Å²) in [5.41, 5.74) is 0. The Kier molecular flexibility index (Phi) is 5.65. The number of amides is 1. The quantitative estimate of drug-likeness (QED) is 0.805. The Morgan fingerprint density at radius 2 is 2.22 bits per heavy atom. The lowest BCUT2D eigenvalue weighted by atomic mass is 9.89. The van der Waals surface area contributed by atoms with Crippen LogP contribution in [0.5, 0.6) is 0 Å². The Morgan fingerprint density at radius 3 is 2.94 bits per heavy atom. The fourth-order valence-electron chi connectivity index (χ4n) is 2.32. The van der Waals surface area contributed by atoms with Gasteiger partial charge >= 0.3 is 0 Å². The normalized spacial score (nSPS) is 16.7. The molecule has 0 aliphatic heterocycles. The van der Waals surface area contributed by atoms with E-state index in [1.165, 1.54) is 19.3 Å². The van der Waals surface area contributed by atoms with Gasteiger partial charge < -0.3 is 9.73 Å². The standard InChI is InChI=1S/C14H21NO2S/c16-14(12-5-2-1-3-6-12)15-8-10-18-11-13-7-4-9-17-13/h4,7,9,12H,1-3,5-6,8,10-11H2,(H,15,16). The van der Waals surface area contributed by atoms with Crippen LogP contribution in [0.4, 0.5) is 0 Å². The molecule has 1 aliphatic carbocycles. The summed E-state index contributed by atoms with van der Waals surface area (Å²) < 4.78 is 5.25. The van der Waals surface area contributed by atoms with Crippen LogP contribution in [-0.2, 0) is 10.5 Å². The van der Waals surface area contributed by atoms with Crippen molar-refractivity contribution in [3.05, 3.63) is 24.2 Å². The zero-order chi connectivity index (χ0) is 12.6. The molecule has 0 aromatic carbocycles. The molecule has 0 unspecified atom stereocenters. The van der Waals surface area contributed by atoms with Gasteiger partial charge in [0.2, 0.25) is 5.91 Å². The van der Waals surface area contributed by atoms with Crippen molar-refractivity contribution in [2.24, 2.45) is 5.92 Å².